The molecule has 2 unspecified atom stereocenters. The van der Waals surface area contributed by atoms with Crippen molar-refractivity contribution >= 4 is 34.5 Å². The van der Waals surface area contributed by atoms with Gasteiger partial charge in [0.15, 0.2) is 23.0 Å². The highest BCUT2D eigenvalue weighted by Gasteiger charge is 2.34. The summed E-state index contributed by atoms with van der Waals surface area (Å²) in [5.74, 6) is 2.15. The molecule has 0 radical (unpaired) electrons. The van der Waals surface area contributed by atoms with Crippen molar-refractivity contribution in [3.05, 3.63) is 71.8 Å². The maximum atomic E-state index is 13.4. The number of benzene rings is 3. The lowest BCUT2D eigenvalue weighted by Crippen LogP contribution is -2.54. The van der Waals surface area contributed by atoms with Gasteiger partial charge in [-0.1, -0.05) is 24.3 Å². The monoisotopic (exact) mass is 613 g/mol. The van der Waals surface area contributed by atoms with Crippen LogP contribution in [0.15, 0.2) is 60.7 Å². The van der Waals surface area contributed by atoms with Crippen LogP contribution in [0.25, 0.3) is 10.9 Å². The van der Waals surface area contributed by atoms with E-state index in [0.717, 1.165) is 0 Å². The highest BCUT2D eigenvalue weighted by Crippen LogP contribution is 2.33. The van der Waals surface area contributed by atoms with E-state index in [9.17, 15) is 19.8 Å². The molecule has 2 atom stereocenters. The van der Waals surface area contributed by atoms with Gasteiger partial charge in [0.05, 0.1) is 18.7 Å². The highest BCUT2D eigenvalue weighted by molar-refractivity contribution is 6.02. The topological polar surface area (TPSA) is 156 Å². The summed E-state index contributed by atoms with van der Waals surface area (Å²) >= 11 is 0. The van der Waals surface area contributed by atoms with Gasteiger partial charge in [-0.3, -0.25) is 9.59 Å². The van der Waals surface area contributed by atoms with Crippen molar-refractivity contribution in [3.63, 3.8) is 0 Å². The Hall–Kier alpha value is -5.14. The van der Waals surface area contributed by atoms with Crippen LogP contribution in [0.4, 0.5) is 11.8 Å². The quantitative estimate of drug-likeness (QED) is 0.292. The predicted octanol–water partition coefficient (Wildman–Crippen LogP) is 1.88. The molecule has 4 heterocycles. The first-order valence-electron chi connectivity index (χ1n) is 14.7. The van der Waals surface area contributed by atoms with Crippen molar-refractivity contribution in [2.75, 3.05) is 49.6 Å². The van der Waals surface area contributed by atoms with Crippen molar-refractivity contribution in [1.82, 2.24) is 14.9 Å². The van der Waals surface area contributed by atoms with Crippen LogP contribution in [0.3, 0.4) is 0 Å². The van der Waals surface area contributed by atoms with Gasteiger partial charge in [0.1, 0.15) is 19.0 Å². The minimum absolute atomic E-state index is 0.0204. The Morgan fingerprint density at radius 2 is 1.36 bits per heavy atom. The molecule has 3 aromatic carbocycles. The zero-order valence-electron chi connectivity index (χ0n) is 24.2. The number of ether oxygens (including phenoxy) is 4. The Bertz CT molecular complexity index is 1760. The van der Waals surface area contributed by atoms with Crippen LogP contribution in [0, 0.1) is 0 Å². The Kier molecular flexibility index (Phi) is 7.69. The maximum absolute atomic E-state index is 13.4. The van der Waals surface area contributed by atoms with Crippen molar-refractivity contribution < 1.29 is 38.7 Å². The molecule has 13 heteroatoms. The van der Waals surface area contributed by atoms with E-state index in [1.54, 1.807) is 47.4 Å². The number of aromatic nitrogens is 2. The number of para-hydroxylation sites is 4. The standard InChI is InChI=1S/C32H31N5O8/c38-15-19-13-21-22(14-20(19)16-39)33-32(35-29(21)34-30(40)27-17-42-23-5-1-3-7-25(23)44-27)37-11-9-36(10-12-37)31(41)28-18-43-24-6-2-4-8-26(24)45-28/h1-8,13-14,27-28,38-39H,9-12,15-18H2,(H,33,34,35,40). The van der Waals surface area contributed by atoms with Crippen LogP contribution >= 0.6 is 0 Å². The lowest BCUT2D eigenvalue weighted by molar-refractivity contribution is -0.141. The summed E-state index contributed by atoms with van der Waals surface area (Å²) in [5, 5.41) is 23.2. The Labute approximate surface area is 257 Å². The lowest BCUT2D eigenvalue weighted by Gasteiger charge is -2.37. The number of nitrogens with zero attached hydrogens (tertiary/aromatic N) is 4. The van der Waals surface area contributed by atoms with E-state index in [0.29, 0.717) is 77.2 Å². The third-order valence-electron chi connectivity index (χ3n) is 8.05. The number of nitrogens with one attached hydrogen (secondary N) is 1. The van der Waals surface area contributed by atoms with E-state index in [1.807, 2.05) is 23.1 Å². The molecule has 4 aromatic rings. The van der Waals surface area contributed by atoms with Gasteiger partial charge in [-0.05, 0) is 47.5 Å². The summed E-state index contributed by atoms with van der Waals surface area (Å²) < 4.78 is 23.3. The molecule has 3 aliphatic heterocycles. The van der Waals surface area contributed by atoms with Gasteiger partial charge >= 0.3 is 0 Å². The number of hydrogen-bond acceptors (Lipinski definition) is 11. The van der Waals surface area contributed by atoms with Crippen molar-refractivity contribution in [2.45, 2.75) is 25.4 Å². The molecule has 1 aromatic heterocycles. The first kappa shape index (κ1) is 28.6. The molecule has 3 N–H and O–H groups in total. The number of aliphatic hydroxyl groups excluding tert-OH is 2. The first-order chi connectivity index (χ1) is 22.0. The molecule has 0 aliphatic carbocycles. The van der Waals surface area contributed by atoms with Gasteiger partial charge in [-0.15, -0.1) is 0 Å². The van der Waals surface area contributed by atoms with Gasteiger partial charge in [-0.2, -0.15) is 4.98 Å². The smallest absolute Gasteiger partial charge is 0.270 e. The largest absolute Gasteiger partial charge is 0.485 e. The predicted molar refractivity (Wildman–Crippen MR) is 162 cm³/mol. The van der Waals surface area contributed by atoms with Crippen LogP contribution in [0.2, 0.25) is 0 Å². The Morgan fingerprint density at radius 3 is 2.00 bits per heavy atom. The third kappa shape index (κ3) is 5.63. The van der Waals surface area contributed by atoms with E-state index < -0.39 is 18.1 Å². The number of piperazine rings is 1. The average Bonchev–Trinajstić information content (AvgIpc) is 3.10. The fraction of sp³-hybridized carbons (Fsp3) is 0.312. The second kappa shape index (κ2) is 12.1. The molecule has 1 saturated heterocycles. The fourth-order valence-electron chi connectivity index (χ4n) is 5.60. The van der Waals surface area contributed by atoms with Gasteiger partial charge in [-0.25, -0.2) is 4.98 Å². The maximum Gasteiger partial charge on any atom is 0.270 e. The van der Waals surface area contributed by atoms with E-state index in [4.69, 9.17) is 28.9 Å². The van der Waals surface area contributed by atoms with Crippen molar-refractivity contribution in [2.24, 2.45) is 0 Å². The Balaban J connectivity index is 1.11. The molecule has 13 nitrogen and oxygen atoms in total. The highest BCUT2D eigenvalue weighted by atomic mass is 16.6. The minimum Gasteiger partial charge on any atom is -0.485 e. The molecule has 3 aliphatic rings. The molecule has 0 saturated carbocycles. The summed E-state index contributed by atoms with van der Waals surface area (Å²) in [4.78, 5) is 39.8. The number of amides is 2. The first-order valence-corrected chi connectivity index (χ1v) is 14.7. The van der Waals surface area contributed by atoms with Crippen LogP contribution in [-0.2, 0) is 22.8 Å². The number of rotatable bonds is 6. The van der Waals surface area contributed by atoms with E-state index >= 15 is 0 Å². The number of carbonyl (C=O) groups is 2. The Morgan fingerprint density at radius 1 is 0.778 bits per heavy atom. The second-order valence-corrected chi connectivity index (χ2v) is 10.9. The number of aliphatic hydroxyl groups is 2. The number of fused-ring (bicyclic) bond motifs is 3. The fourth-order valence-corrected chi connectivity index (χ4v) is 5.60. The van der Waals surface area contributed by atoms with Crippen LogP contribution in [0.5, 0.6) is 23.0 Å². The molecule has 1 fully saturated rings. The number of hydrogen-bond donors (Lipinski definition) is 3. The van der Waals surface area contributed by atoms with Crippen LogP contribution in [-0.4, -0.2) is 88.5 Å². The molecule has 7 rings (SSSR count). The summed E-state index contributed by atoms with van der Waals surface area (Å²) in [7, 11) is 0. The second-order valence-electron chi connectivity index (χ2n) is 10.9. The molecule has 0 spiro atoms. The van der Waals surface area contributed by atoms with E-state index in [1.165, 1.54) is 0 Å². The molecule has 0 bridgehead atoms. The van der Waals surface area contributed by atoms with Gasteiger partial charge < -0.3 is 44.3 Å². The van der Waals surface area contributed by atoms with Gasteiger partial charge in [0, 0.05) is 31.6 Å². The van der Waals surface area contributed by atoms with Crippen LogP contribution in [0.1, 0.15) is 11.1 Å². The lowest BCUT2D eigenvalue weighted by atomic mass is 10.0. The molecular weight excluding hydrogens is 582 g/mol. The summed E-state index contributed by atoms with van der Waals surface area (Å²) in [5.41, 5.74) is 1.48. The zero-order valence-corrected chi connectivity index (χ0v) is 24.2. The summed E-state index contributed by atoms with van der Waals surface area (Å²) in [6.45, 7) is 1.23. The van der Waals surface area contributed by atoms with Crippen molar-refractivity contribution in [1.29, 1.82) is 0 Å². The minimum atomic E-state index is -0.921. The normalized spacial score (nSPS) is 18.9. The van der Waals surface area contributed by atoms with Gasteiger partial charge in [0.2, 0.25) is 18.2 Å². The summed E-state index contributed by atoms with van der Waals surface area (Å²) in [6, 6.07) is 17.7. The molecule has 45 heavy (non-hydrogen) atoms. The molecule has 232 valence electrons. The molecular formula is C32H31N5O8. The van der Waals surface area contributed by atoms with Gasteiger partial charge in [0.25, 0.3) is 11.8 Å². The average molecular weight is 614 g/mol. The number of carbonyl (C=O) groups excluding carboxylic acids is 2. The zero-order chi connectivity index (χ0) is 30.9. The van der Waals surface area contributed by atoms with Crippen molar-refractivity contribution in [3.8, 4) is 23.0 Å². The molecule has 2 amide bonds. The van der Waals surface area contributed by atoms with Crippen LogP contribution < -0.4 is 29.2 Å². The summed E-state index contributed by atoms with van der Waals surface area (Å²) in [6.07, 6.45) is -1.66. The van der Waals surface area contributed by atoms with E-state index in [-0.39, 0.29) is 38.2 Å². The SMILES string of the molecule is O=C(Nc1nc(N2CCN(C(=O)C3COc4ccccc4O3)CC2)nc2cc(CO)c(CO)cc12)C1COc2ccccc2O1. The third-order valence-corrected chi connectivity index (χ3v) is 8.05. The van der Waals surface area contributed by atoms with E-state index in [2.05, 4.69) is 5.32 Å². The number of anilines is 2.